The van der Waals surface area contributed by atoms with Crippen molar-refractivity contribution in [1.29, 1.82) is 0 Å². The smallest absolute Gasteiger partial charge is 0.334 e. The minimum Gasteiger partial charge on any atom is -0.489 e. The zero-order valence-corrected chi connectivity index (χ0v) is 19.4. The Balaban J connectivity index is 1.36. The van der Waals surface area contributed by atoms with Gasteiger partial charge in [0, 0.05) is 6.54 Å². The van der Waals surface area contributed by atoms with Gasteiger partial charge in [0.15, 0.2) is 0 Å². The molecule has 35 heavy (non-hydrogen) atoms. The van der Waals surface area contributed by atoms with Crippen molar-refractivity contribution in [3.05, 3.63) is 71.8 Å². The van der Waals surface area contributed by atoms with E-state index >= 15 is 0 Å². The third kappa shape index (κ3) is 4.43. The molecule has 180 valence electrons. The van der Waals surface area contributed by atoms with Crippen molar-refractivity contribution >= 4 is 29.4 Å². The summed E-state index contributed by atoms with van der Waals surface area (Å²) in [6.07, 6.45) is 6.89. The molecule has 2 aliphatic heterocycles. The third-order valence-electron chi connectivity index (χ3n) is 6.76. The first-order valence-electron chi connectivity index (χ1n) is 12.0. The van der Waals surface area contributed by atoms with E-state index in [1.807, 2.05) is 36.4 Å². The monoisotopic (exact) mass is 473 g/mol. The maximum Gasteiger partial charge on any atom is 0.334 e. The number of carbonyl (C=O) groups excluding carboxylic acids is 4. The average molecular weight is 474 g/mol. The molecule has 0 aromatic heterocycles. The first-order valence-corrected chi connectivity index (χ1v) is 12.0. The zero-order chi connectivity index (χ0) is 24.4. The van der Waals surface area contributed by atoms with Gasteiger partial charge in [0.2, 0.25) is 5.91 Å². The van der Waals surface area contributed by atoms with Gasteiger partial charge < -0.3 is 4.74 Å². The molecule has 1 saturated heterocycles. The van der Waals surface area contributed by atoms with Crippen LogP contribution in [0.15, 0.2) is 66.2 Å². The highest BCUT2D eigenvalue weighted by Crippen LogP contribution is 2.39. The summed E-state index contributed by atoms with van der Waals surface area (Å²) in [6.45, 7) is -0.137. The van der Waals surface area contributed by atoms with Crippen LogP contribution in [0.2, 0.25) is 0 Å². The molecule has 0 saturated carbocycles. The van der Waals surface area contributed by atoms with Gasteiger partial charge in [-0.2, -0.15) is 0 Å². The quantitative estimate of drug-likeness (QED) is 0.362. The van der Waals surface area contributed by atoms with E-state index in [9.17, 15) is 19.2 Å². The normalized spacial score (nSPS) is 20.0. The lowest BCUT2D eigenvalue weighted by Crippen LogP contribution is -2.47. The minimum absolute atomic E-state index is 0.146. The molecule has 2 aromatic rings. The summed E-state index contributed by atoms with van der Waals surface area (Å²) in [5.41, 5.74) is 2.63. The summed E-state index contributed by atoms with van der Waals surface area (Å²) in [6, 6.07) is 15.4. The third-order valence-corrected chi connectivity index (χ3v) is 6.76. The molecule has 2 aromatic carbocycles. The van der Waals surface area contributed by atoms with Crippen LogP contribution in [0.1, 0.15) is 43.7 Å². The van der Waals surface area contributed by atoms with Gasteiger partial charge in [-0.25, -0.2) is 9.69 Å². The van der Waals surface area contributed by atoms with Gasteiger partial charge in [0.05, 0.1) is 11.7 Å². The number of benzene rings is 2. The number of para-hydroxylation sites is 2. The Morgan fingerprint density at radius 1 is 0.914 bits per heavy atom. The molecule has 0 spiro atoms. The van der Waals surface area contributed by atoms with Gasteiger partial charge in [-0.15, -0.1) is 0 Å². The summed E-state index contributed by atoms with van der Waals surface area (Å²) >= 11 is 0. The average Bonchev–Trinajstić information content (AvgIpc) is 3.10. The van der Waals surface area contributed by atoms with Crippen LogP contribution >= 0.6 is 0 Å². The summed E-state index contributed by atoms with van der Waals surface area (Å²) in [7, 11) is 0. The van der Waals surface area contributed by atoms with E-state index in [2.05, 4.69) is 6.08 Å². The Morgan fingerprint density at radius 3 is 2.43 bits per heavy atom. The lowest BCUT2D eigenvalue weighted by atomic mass is 9.97. The number of anilines is 1. The second-order valence-corrected chi connectivity index (χ2v) is 8.96. The van der Waals surface area contributed by atoms with Crippen LogP contribution in [0.25, 0.3) is 0 Å². The Morgan fingerprint density at radius 2 is 1.66 bits per heavy atom. The van der Waals surface area contributed by atoms with Crippen molar-refractivity contribution < 1.29 is 23.9 Å². The van der Waals surface area contributed by atoms with E-state index < -0.39 is 36.3 Å². The van der Waals surface area contributed by atoms with Crippen LogP contribution in [0.5, 0.6) is 5.75 Å². The van der Waals surface area contributed by atoms with Gasteiger partial charge in [0.25, 0.3) is 0 Å². The predicted molar refractivity (Wildman–Crippen MR) is 129 cm³/mol. The topological polar surface area (TPSA) is 87.2 Å². The number of carbonyl (C=O) groups is 4. The molecule has 3 aliphatic rings. The Labute approximate surface area is 203 Å². The Bertz CT molecular complexity index is 1190. The maximum atomic E-state index is 13.6. The van der Waals surface area contributed by atoms with Crippen LogP contribution in [-0.2, 0) is 14.4 Å². The van der Waals surface area contributed by atoms with Crippen molar-refractivity contribution in [2.24, 2.45) is 0 Å². The molecule has 1 atom stereocenters. The molecule has 0 bridgehead atoms. The second kappa shape index (κ2) is 9.74. The fraction of sp³-hybridized carbons (Fsp3) is 0.333. The van der Waals surface area contributed by atoms with E-state index in [0.717, 1.165) is 41.0 Å². The number of nitrogens with zero attached hydrogens (tertiary/aromatic N) is 3. The van der Waals surface area contributed by atoms with Crippen molar-refractivity contribution in [3.8, 4) is 5.75 Å². The number of ether oxygens (including phenoxy) is 1. The maximum absolute atomic E-state index is 13.6. The predicted octanol–water partition coefficient (Wildman–Crippen LogP) is 3.83. The Kier molecular flexibility index (Phi) is 6.35. The summed E-state index contributed by atoms with van der Waals surface area (Å²) in [4.78, 5) is 55.2. The van der Waals surface area contributed by atoms with Gasteiger partial charge in [0.1, 0.15) is 18.9 Å². The highest BCUT2D eigenvalue weighted by molar-refractivity contribution is 6.45. The van der Waals surface area contributed by atoms with Gasteiger partial charge in [-0.1, -0.05) is 54.1 Å². The van der Waals surface area contributed by atoms with Gasteiger partial charge in [-0.3, -0.25) is 24.2 Å². The van der Waals surface area contributed by atoms with Crippen molar-refractivity contribution in [2.75, 3.05) is 24.6 Å². The van der Waals surface area contributed by atoms with Crippen LogP contribution in [0.4, 0.5) is 10.5 Å². The fourth-order valence-corrected chi connectivity index (χ4v) is 4.90. The molecule has 0 radical (unpaired) electrons. The molecule has 2 heterocycles. The molecular weight excluding hydrogens is 446 g/mol. The minimum atomic E-state index is -0.959. The Hall–Kier alpha value is -3.94. The molecule has 8 nitrogen and oxygen atoms in total. The second-order valence-electron chi connectivity index (χ2n) is 8.96. The molecule has 0 N–H and O–H groups in total. The molecule has 5 amide bonds. The number of fused-ring (bicyclic) bond motifs is 1. The highest BCUT2D eigenvalue weighted by atomic mass is 16.5. The molecule has 0 unspecified atom stereocenters. The van der Waals surface area contributed by atoms with Crippen LogP contribution in [0, 0.1) is 0 Å². The van der Waals surface area contributed by atoms with Crippen molar-refractivity contribution in [1.82, 2.24) is 9.80 Å². The molecular formula is C27H27N3O5. The number of hydrogen-bond acceptors (Lipinski definition) is 5. The van der Waals surface area contributed by atoms with Crippen molar-refractivity contribution in [2.45, 2.75) is 38.1 Å². The number of hydrogen-bond donors (Lipinski definition) is 0. The SMILES string of the molecule is O=C1C(=O)N(CC(=O)N2c3ccccc3OC[C@@H]2c2ccccc2)C(=O)N1CCC1=CCCCC1. The number of amides is 5. The number of imide groups is 2. The van der Waals surface area contributed by atoms with E-state index in [4.69, 9.17) is 4.74 Å². The summed E-state index contributed by atoms with van der Waals surface area (Å²) in [5, 5.41) is 0. The van der Waals surface area contributed by atoms with Crippen molar-refractivity contribution in [3.63, 3.8) is 0 Å². The van der Waals surface area contributed by atoms with Gasteiger partial charge in [-0.05, 0) is 49.8 Å². The van der Waals surface area contributed by atoms with E-state index in [1.165, 1.54) is 5.57 Å². The molecule has 1 aliphatic carbocycles. The highest BCUT2D eigenvalue weighted by Gasteiger charge is 2.46. The van der Waals surface area contributed by atoms with Crippen LogP contribution < -0.4 is 9.64 Å². The number of urea groups is 1. The van der Waals surface area contributed by atoms with E-state index in [0.29, 0.717) is 17.9 Å². The van der Waals surface area contributed by atoms with Crippen LogP contribution in [-0.4, -0.2) is 53.2 Å². The first kappa shape index (κ1) is 22.8. The summed E-state index contributed by atoms with van der Waals surface area (Å²) < 4.78 is 5.90. The number of allylic oxidation sites excluding steroid dienone is 1. The van der Waals surface area contributed by atoms with Crippen LogP contribution in [0.3, 0.4) is 0 Å². The van der Waals surface area contributed by atoms with E-state index in [-0.39, 0.29) is 13.2 Å². The van der Waals surface area contributed by atoms with Gasteiger partial charge >= 0.3 is 17.8 Å². The molecule has 8 heteroatoms. The molecule has 5 rings (SSSR count). The largest absolute Gasteiger partial charge is 0.489 e. The first-order chi connectivity index (χ1) is 17.0. The summed E-state index contributed by atoms with van der Waals surface area (Å²) in [5.74, 6) is -1.74. The standard InChI is InChI=1S/C27H27N3O5/c31-24(17-29-26(33)25(32)28(27(29)34)16-15-19-9-3-1-4-10-19)30-21-13-7-8-14-23(21)35-18-22(30)20-11-5-2-6-12-20/h2,5-9,11-14,22H,1,3-4,10,15-18H2/t22-/m1/s1. The van der Waals surface area contributed by atoms with E-state index in [1.54, 1.807) is 23.1 Å². The lowest BCUT2D eigenvalue weighted by molar-refractivity contribution is -0.143. The number of rotatable bonds is 6. The fourth-order valence-electron chi connectivity index (χ4n) is 4.90. The zero-order valence-electron chi connectivity index (χ0n) is 19.4. The molecule has 1 fully saturated rings. The lowest BCUT2D eigenvalue weighted by Gasteiger charge is -2.37.